The lowest BCUT2D eigenvalue weighted by Crippen LogP contribution is -2.40. The molecular formula is C14H23N5OS. The first-order valence-electron chi connectivity index (χ1n) is 7.09. The molecule has 7 heteroatoms. The van der Waals surface area contributed by atoms with Gasteiger partial charge in [-0.2, -0.15) is 0 Å². The molecule has 116 valence electrons. The number of amides is 1. The lowest BCUT2D eigenvalue weighted by atomic mass is 10.4. The predicted molar refractivity (Wildman–Crippen MR) is 85.5 cm³/mol. The Morgan fingerprint density at radius 2 is 2.19 bits per heavy atom. The van der Waals surface area contributed by atoms with Crippen LogP contribution in [0.1, 0.15) is 23.5 Å². The summed E-state index contributed by atoms with van der Waals surface area (Å²) in [5.41, 5.74) is 1.03. The van der Waals surface area contributed by atoms with E-state index in [4.69, 9.17) is 0 Å². The van der Waals surface area contributed by atoms with Crippen LogP contribution in [0.15, 0.2) is 10.4 Å². The monoisotopic (exact) mass is 309 g/mol. The normalized spacial score (nSPS) is 15.0. The average Bonchev–Trinajstić information content (AvgIpc) is 3.16. The number of hydrogen-bond acceptors (Lipinski definition) is 4. The molecule has 1 aromatic heterocycles. The first-order valence-corrected chi connectivity index (χ1v) is 7.97. The number of nitrogens with one attached hydrogen (secondary N) is 1. The molecule has 1 aliphatic carbocycles. The fourth-order valence-corrected chi connectivity index (χ4v) is 2.37. The Kier molecular flexibility index (Phi) is 5.17. The van der Waals surface area contributed by atoms with Crippen LogP contribution in [0.2, 0.25) is 0 Å². The highest BCUT2D eigenvalue weighted by atomic mass is 32.1. The van der Waals surface area contributed by atoms with Crippen LogP contribution in [0.5, 0.6) is 0 Å². The molecule has 0 aromatic carbocycles. The number of thiazole rings is 1. The van der Waals surface area contributed by atoms with Crippen LogP contribution < -0.4 is 5.32 Å². The Bertz CT molecular complexity index is 521. The third kappa shape index (κ3) is 5.00. The molecule has 0 unspecified atom stereocenters. The summed E-state index contributed by atoms with van der Waals surface area (Å²) in [6.45, 7) is 2.86. The molecule has 0 saturated heterocycles. The summed E-state index contributed by atoms with van der Waals surface area (Å²) in [6, 6.07) is 0.498. The Morgan fingerprint density at radius 1 is 1.48 bits per heavy atom. The van der Waals surface area contributed by atoms with Gasteiger partial charge in [-0.3, -0.25) is 4.79 Å². The van der Waals surface area contributed by atoms with Crippen LogP contribution in [0.4, 0.5) is 0 Å². The molecule has 1 aromatic rings. The van der Waals surface area contributed by atoms with Crippen LogP contribution in [0.25, 0.3) is 0 Å². The highest BCUT2D eigenvalue weighted by Gasteiger charge is 2.24. The summed E-state index contributed by atoms with van der Waals surface area (Å²) >= 11 is 1.65. The SMILES string of the molecule is Cc1nc(CN(C)C(=NCC(=O)N(C)C)NC2CC2)cs1. The molecule has 1 saturated carbocycles. The first kappa shape index (κ1) is 15.8. The molecule has 0 radical (unpaired) electrons. The van der Waals surface area contributed by atoms with E-state index >= 15 is 0 Å². The van der Waals surface area contributed by atoms with Crippen LogP contribution in [-0.4, -0.2) is 60.4 Å². The van der Waals surface area contributed by atoms with Crippen LogP contribution in [-0.2, 0) is 11.3 Å². The van der Waals surface area contributed by atoms with Crippen LogP contribution in [0, 0.1) is 6.92 Å². The van der Waals surface area contributed by atoms with Gasteiger partial charge in [0.05, 0.1) is 17.2 Å². The van der Waals surface area contributed by atoms with Crippen molar-refractivity contribution < 1.29 is 4.79 Å². The molecule has 21 heavy (non-hydrogen) atoms. The number of aromatic nitrogens is 1. The fourth-order valence-electron chi connectivity index (χ4n) is 1.77. The Morgan fingerprint density at radius 3 is 2.71 bits per heavy atom. The standard InChI is InChI=1S/C14H23N5OS/c1-10-16-12(9-21-10)8-19(4)14(17-11-5-6-11)15-7-13(20)18(2)3/h9,11H,5-8H2,1-4H3,(H,15,17). The van der Waals surface area contributed by atoms with Gasteiger partial charge in [0.25, 0.3) is 0 Å². The van der Waals surface area contributed by atoms with E-state index in [9.17, 15) is 4.79 Å². The van der Waals surface area contributed by atoms with E-state index < -0.39 is 0 Å². The van der Waals surface area contributed by atoms with E-state index in [0.29, 0.717) is 12.6 Å². The molecule has 2 rings (SSSR count). The minimum atomic E-state index is 0.00278. The Labute approximate surface area is 129 Å². The molecule has 0 aliphatic heterocycles. The van der Waals surface area contributed by atoms with Crippen LogP contribution >= 0.6 is 11.3 Å². The van der Waals surface area contributed by atoms with Crippen molar-refractivity contribution >= 4 is 23.2 Å². The van der Waals surface area contributed by atoms with Crippen LogP contribution in [0.3, 0.4) is 0 Å². The van der Waals surface area contributed by atoms with E-state index in [1.165, 1.54) is 12.8 Å². The third-order valence-electron chi connectivity index (χ3n) is 3.20. The minimum Gasteiger partial charge on any atom is -0.353 e. The van der Waals surface area contributed by atoms with Gasteiger partial charge in [-0.25, -0.2) is 9.98 Å². The number of aliphatic imine (C=N–C) groups is 1. The number of nitrogens with zero attached hydrogens (tertiary/aromatic N) is 4. The van der Waals surface area contributed by atoms with Crippen molar-refractivity contribution in [1.82, 2.24) is 20.1 Å². The number of carbonyl (C=O) groups is 1. The smallest absolute Gasteiger partial charge is 0.243 e. The highest BCUT2D eigenvalue weighted by Crippen LogP contribution is 2.19. The predicted octanol–water partition coefficient (Wildman–Crippen LogP) is 1.08. The maximum atomic E-state index is 11.7. The largest absolute Gasteiger partial charge is 0.353 e. The molecule has 1 aliphatic rings. The van der Waals surface area contributed by atoms with Crippen molar-refractivity contribution in [2.24, 2.45) is 4.99 Å². The van der Waals surface area contributed by atoms with Crippen molar-refractivity contribution in [2.45, 2.75) is 32.4 Å². The van der Waals surface area contributed by atoms with Crippen molar-refractivity contribution in [2.75, 3.05) is 27.7 Å². The Hall–Kier alpha value is -1.63. The molecule has 6 nitrogen and oxygen atoms in total. The second-order valence-corrected chi connectivity index (χ2v) is 6.62. The topological polar surface area (TPSA) is 60.8 Å². The lowest BCUT2D eigenvalue weighted by Gasteiger charge is -2.22. The van der Waals surface area contributed by atoms with E-state index in [2.05, 4.69) is 20.7 Å². The summed E-state index contributed by atoms with van der Waals surface area (Å²) in [6.07, 6.45) is 2.34. The van der Waals surface area contributed by atoms with Gasteiger partial charge in [-0.1, -0.05) is 0 Å². The van der Waals surface area contributed by atoms with Gasteiger partial charge < -0.3 is 15.1 Å². The zero-order chi connectivity index (χ0) is 15.4. The van der Waals surface area contributed by atoms with Crippen molar-refractivity contribution in [1.29, 1.82) is 0 Å². The molecule has 0 bridgehead atoms. The van der Waals surface area contributed by atoms with Gasteiger partial charge in [-0.15, -0.1) is 11.3 Å². The van der Waals surface area contributed by atoms with E-state index in [0.717, 1.165) is 16.7 Å². The zero-order valence-electron chi connectivity index (χ0n) is 13.1. The van der Waals surface area contributed by atoms with Gasteiger partial charge in [-0.05, 0) is 19.8 Å². The molecular weight excluding hydrogens is 286 g/mol. The van der Waals surface area contributed by atoms with Gasteiger partial charge in [0.1, 0.15) is 6.54 Å². The average molecular weight is 309 g/mol. The van der Waals surface area contributed by atoms with E-state index in [1.54, 1.807) is 30.3 Å². The number of guanidine groups is 1. The summed E-state index contributed by atoms with van der Waals surface area (Å²) in [5.74, 6) is 0.779. The van der Waals surface area contributed by atoms with Gasteiger partial charge in [0.2, 0.25) is 5.91 Å². The number of hydrogen-bond donors (Lipinski definition) is 1. The molecule has 1 N–H and O–H groups in total. The van der Waals surface area contributed by atoms with Gasteiger partial charge in [0.15, 0.2) is 5.96 Å². The number of likely N-dealkylation sites (N-methyl/N-ethyl adjacent to an activating group) is 1. The third-order valence-corrected chi connectivity index (χ3v) is 4.02. The second kappa shape index (κ2) is 6.89. The summed E-state index contributed by atoms with van der Waals surface area (Å²) in [7, 11) is 5.46. The fraction of sp³-hybridized carbons (Fsp3) is 0.643. The molecule has 0 spiro atoms. The molecule has 1 amide bonds. The Balaban J connectivity index is 1.99. The summed E-state index contributed by atoms with van der Waals surface area (Å²) < 4.78 is 0. The molecule has 0 atom stereocenters. The molecule has 1 fully saturated rings. The molecule has 1 heterocycles. The number of carbonyl (C=O) groups excluding carboxylic acids is 1. The van der Waals surface area contributed by atoms with Crippen molar-refractivity contribution in [3.05, 3.63) is 16.1 Å². The van der Waals surface area contributed by atoms with Gasteiger partial charge >= 0.3 is 0 Å². The summed E-state index contributed by atoms with van der Waals surface area (Å²) in [4.78, 5) is 24.2. The maximum Gasteiger partial charge on any atom is 0.243 e. The summed E-state index contributed by atoms with van der Waals surface area (Å²) in [5, 5.41) is 6.52. The highest BCUT2D eigenvalue weighted by molar-refractivity contribution is 7.09. The van der Waals surface area contributed by atoms with E-state index in [1.807, 2.05) is 18.9 Å². The first-order chi connectivity index (χ1) is 9.95. The quantitative estimate of drug-likeness (QED) is 0.653. The minimum absolute atomic E-state index is 0.00278. The van der Waals surface area contributed by atoms with Crippen molar-refractivity contribution in [3.8, 4) is 0 Å². The lowest BCUT2D eigenvalue weighted by molar-refractivity contribution is -0.127. The van der Waals surface area contributed by atoms with Crippen molar-refractivity contribution in [3.63, 3.8) is 0 Å². The zero-order valence-corrected chi connectivity index (χ0v) is 13.9. The van der Waals surface area contributed by atoms with Gasteiger partial charge in [0, 0.05) is 32.6 Å². The second-order valence-electron chi connectivity index (χ2n) is 5.56. The number of rotatable bonds is 5. The maximum absolute atomic E-state index is 11.7. The van der Waals surface area contributed by atoms with E-state index in [-0.39, 0.29) is 12.5 Å². The number of aryl methyl sites for hydroxylation is 1.